The molecular formula is C12H9N5O. The summed E-state index contributed by atoms with van der Waals surface area (Å²) < 4.78 is 5.18. The van der Waals surface area contributed by atoms with Crippen LogP contribution >= 0.6 is 0 Å². The molecule has 0 aliphatic rings. The Kier molecular flexibility index (Phi) is 2.53. The van der Waals surface area contributed by atoms with Crippen LogP contribution in [0, 0.1) is 6.92 Å². The SMILES string of the molecule is Cc1ncc(-c2nc(-c3ccncc3)no2)cn1. The third-order valence-electron chi connectivity index (χ3n) is 2.39. The van der Waals surface area contributed by atoms with Crippen molar-refractivity contribution < 1.29 is 4.52 Å². The Labute approximate surface area is 103 Å². The molecule has 0 fully saturated rings. The zero-order valence-electron chi connectivity index (χ0n) is 9.61. The molecule has 88 valence electrons. The summed E-state index contributed by atoms with van der Waals surface area (Å²) in [4.78, 5) is 16.4. The van der Waals surface area contributed by atoms with Gasteiger partial charge in [0.05, 0.1) is 5.56 Å². The lowest BCUT2D eigenvalue weighted by Gasteiger charge is -1.93. The van der Waals surface area contributed by atoms with Gasteiger partial charge in [0.15, 0.2) is 0 Å². The van der Waals surface area contributed by atoms with Crippen LogP contribution in [0.3, 0.4) is 0 Å². The highest BCUT2D eigenvalue weighted by molar-refractivity contribution is 5.57. The molecule has 0 aliphatic carbocycles. The molecular weight excluding hydrogens is 230 g/mol. The van der Waals surface area contributed by atoms with E-state index >= 15 is 0 Å². The molecule has 6 heteroatoms. The van der Waals surface area contributed by atoms with Crippen molar-refractivity contribution in [2.24, 2.45) is 0 Å². The second-order valence-electron chi connectivity index (χ2n) is 3.68. The van der Waals surface area contributed by atoms with E-state index in [-0.39, 0.29) is 0 Å². The third kappa shape index (κ3) is 1.95. The molecule has 0 aromatic carbocycles. The van der Waals surface area contributed by atoms with Gasteiger partial charge in [0.25, 0.3) is 5.89 Å². The Morgan fingerprint density at radius 2 is 1.72 bits per heavy atom. The lowest BCUT2D eigenvalue weighted by molar-refractivity contribution is 0.432. The van der Waals surface area contributed by atoms with Gasteiger partial charge in [-0.05, 0) is 19.1 Å². The molecule has 3 rings (SSSR count). The van der Waals surface area contributed by atoms with E-state index in [1.54, 1.807) is 24.8 Å². The normalized spacial score (nSPS) is 10.5. The molecule has 0 saturated heterocycles. The summed E-state index contributed by atoms with van der Waals surface area (Å²) >= 11 is 0. The maximum absolute atomic E-state index is 5.18. The smallest absolute Gasteiger partial charge is 0.261 e. The molecule has 0 unspecified atom stereocenters. The van der Waals surface area contributed by atoms with E-state index in [0.717, 1.165) is 5.56 Å². The second-order valence-corrected chi connectivity index (χ2v) is 3.68. The van der Waals surface area contributed by atoms with Crippen LogP contribution in [0.25, 0.3) is 22.8 Å². The van der Waals surface area contributed by atoms with Gasteiger partial charge in [-0.25, -0.2) is 9.97 Å². The fourth-order valence-corrected chi connectivity index (χ4v) is 1.46. The zero-order valence-corrected chi connectivity index (χ0v) is 9.61. The molecule has 18 heavy (non-hydrogen) atoms. The van der Waals surface area contributed by atoms with Crippen LogP contribution in [0.4, 0.5) is 0 Å². The molecule has 0 saturated carbocycles. The molecule has 0 atom stereocenters. The fourth-order valence-electron chi connectivity index (χ4n) is 1.46. The highest BCUT2D eigenvalue weighted by Gasteiger charge is 2.10. The number of aryl methyl sites for hydroxylation is 1. The highest BCUT2D eigenvalue weighted by atomic mass is 16.5. The van der Waals surface area contributed by atoms with Crippen LogP contribution in [0.5, 0.6) is 0 Å². The van der Waals surface area contributed by atoms with E-state index in [1.165, 1.54) is 0 Å². The standard InChI is InChI=1S/C12H9N5O/c1-8-14-6-10(7-15-8)12-16-11(17-18-12)9-2-4-13-5-3-9/h2-7H,1H3. The highest BCUT2D eigenvalue weighted by Crippen LogP contribution is 2.20. The van der Waals surface area contributed by atoms with Crippen molar-refractivity contribution >= 4 is 0 Å². The van der Waals surface area contributed by atoms with Gasteiger partial charge in [-0.15, -0.1) is 0 Å². The molecule has 3 aromatic heterocycles. The van der Waals surface area contributed by atoms with Crippen molar-refractivity contribution in [1.29, 1.82) is 0 Å². The monoisotopic (exact) mass is 239 g/mol. The average molecular weight is 239 g/mol. The Hall–Kier alpha value is -2.63. The van der Waals surface area contributed by atoms with Crippen molar-refractivity contribution in [2.75, 3.05) is 0 Å². The number of aromatic nitrogens is 5. The van der Waals surface area contributed by atoms with E-state index < -0.39 is 0 Å². The van der Waals surface area contributed by atoms with Crippen molar-refractivity contribution in [2.45, 2.75) is 6.92 Å². The predicted octanol–water partition coefficient (Wildman–Crippen LogP) is 1.90. The first-order chi connectivity index (χ1) is 8.83. The summed E-state index contributed by atoms with van der Waals surface area (Å²) in [5.74, 6) is 1.63. The van der Waals surface area contributed by atoms with Crippen molar-refractivity contribution in [3.63, 3.8) is 0 Å². The summed E-state index contributed by atoms with van der Waals surface area (Å²) in [6.45, 7) is 1.82. The first-order valence-electron chi connectivity index (χ1n) is 5.36. The van der Waals surface area contributed by atoms with Crippen LogP contribution in [-0.2, 0) is 0 Å². The van der Waals surface area contributed by atoms with E-state index in [0.29, 0.717) is 23.1 Å². The van der Waals surface area contributed by atoms with Gasteiger partial charge in [-0.1, -0.05) is 5.16 Å². The number of hydrogen-bond donors (Lipinski definition) is 0. The molecule has 3 aromatic rings. The van der Waals surface area contributed by atoms with Crippen molar-refractivity contribution in [3.8, 4) is 22.8 Å². The van der Waals surface area contributed by atoms with Crippen LogP contribution in [0.1, 0.15) is 5.82 Å². The van der Waals surface area contributed by atoms with Gasteiger partial charge in [0, 0.05) is 30.4 Å². The maximum atomic E-state index is 5.18. The van der Waals surface area contributed by atoms with Gasteiger partial charge < -0.3 is 4.52 Å². The van der Waals surface area contributed by atoms with Crippen LogP contribution in [0.15, 0.2) is 41.4 Å². The van der Waals surface area contributed by atoms with Crippen molar-refractivity contribution in [3.05, 3.63) is 42.7 Å². The van der Waals surface area contributed by atoms with Gasteiger partial charge in [0.1, 0.15) is 5.82 Å². The predicted molar refractivity (Wildman–Crippen MR) is 63.3 cm³/mol. The minimum atomic E-state index is 0.404. The zero-order chi connectivity index (χ0) is 12.4. The quantitative estimate of drug-likeness (QED) is 0.679. The number of rotatable bonds is 2. The van der Waals surface area contributed by atoms with Gasteiger partial charge in [-0.2, -0.15) is 4.98 Å². The Morgan fingerprint density at radius 3 is 2.44 bits per heavy atom. The van der Waals surface area contributed by atoms with Gasteiger partial charge in [0.2, 0.25) is 5.82 Å². The van der Waals surface area contributed by atoms with E-state index in [9.17, 15) is 0 Å². The van der Waals surface area contributed by atoms with Crippen LogP contribution in [0.2, 0.25) is 0 Å². The molecule has 0 bridgehead atoms. The van der Waals surface area contributed by atoms with Crippen LogP contribution < -0.4 is 0 Å². The summed E-state index contributed by atoms with van der Waals surface area (Å²) in [7, 11) is 0. The molecule has 0 radical (unpaired) electrons. The molecule has 6 nitrogen and oxygen atoms in total. The Balaban J connectivity index is 1.97. The summed E-state index contributed by atoms with van der Waals surface area (Å²) in [5, 5.41) is 3.92. The second kappa shape index (κ2) is 4.33. The van der Waals surface area contributed by atoms with Crippen molar-refractivity contribution in [1.82, 2.24) is 25.1 Å². The molecule has 0 spiro atoms. The average Bonchev–Trinajstić information content (AvgIpc) is 2.90. The lowest BCUT2D eigenvalue weighted by atomic mass is 10.2. The third-order valence-corrected chi connectivity index (χ3v) is 2.39. The minimum Gasteiger partial charge on any atom is -0.333 e. The number of nitrogens with zero attached hydrogens (tertiary/aromatic N) is 5. The minimum absolute atomic E-state index is 0.404. The van der Waals surface area contributed by atoms with Gasteiger partial charge in [-0.3, -0.25) is 4.98 Å². The number of pyridine rings is 1. The van der Waals surface area contributed by atoms with E-state index in [1.807, 2.05) is 19.1 Å². The van der Waals surface area contributed by atoms with E-state index in [2.05, 4.69) is 25.1 Å². The molecule has 0 aliphatic heterocycles. The summed E-state index contributed by atoms with van der Waals surface area (Å²) in [5.41, 5.74) is 1.56. The summed E-state index contributed by atoms with van der Waals surface area (Å²) in [6, 6.07) is 3.64. The topological polar surface area (TPSA) is 77.6 Å². The summed E-state index contributed by atoms with van der Waals surface area (Å²) in [6.07, 6.45) is 6.68. The Bertz CT molecular complexity index is 648. The molecule has 0 amide bonds. The van der Waals surface area contributed by atoms with Crippen LogP contribution in [-0.4, -0.2) is 25.1 Å². The van der Waals surface area contributed by atoms with Gasteiger partial charge >= 0.3 is 0 Å². The number of hydrogen-bond acceptors (Lipinski definition) is 6. The first-order valence-corrected chi connectivity index (χ1v) is 5.36. The fraction of sp³-hybridized carbons (Fsp3) is 0.0833. The lowest BCUT2D eigenvalue weighted by Crippen LogP contribution is -1.87. The Morgan fingerprint density at radius 1 is 1.00 bits per heavy atom. The van der Waals surface area contributed by atoms with E-state index in [4.69, 9.17) is 4.52 Å². The maximum Gasteiger partial charge on any atom is 0.261 e. The molecule has 3 heterocycles. The largest absolute Gasteiger partial charge is 0.333 e. The molecule has 0 N–H and O–H groups in total. The first kappa shape index (κ1) is 10.5.